The van der Waals surface area contributed by atoms with E-state index < -0.39 is 53.2 Å². The summed E-state index contributed by atoms with van der Waals surface area (Å²) in [5.41, 5.74) is -1.06. The Bertz CT molecular complexity index is 530. The lowest BCUT2D eigenvalue weighted by Gasteiger charge is -2.15. The summed E-state index contributed by atoms with van der Waals surface area (Å²) in [5, 5.41) is 11.2. The minimum Gasteiger partial charge on any atom is -0.480 e. The van der Waals surface area contributed by atoms with Gasteiger partial charge in [0.05, 0.1) is 0 Å². The van der Waals surface area contributed by atoms with Crippen LogP contribution in [0, 0.1) is 35.0 Å². The van der Waals surface area contributed by atoms with Crippen LogP contribution in [0.1, 0.15) is 18.4 Å². The van der Waals surface area contributed by atoms with Crippen LogP contribution in [-0.4, -0.2) is 17.1 Å². The van der Waals surface area contributed by atoms with Crippen LogP contribution in [0.25, 0.3) is 0 Å². The molecule has 1 aliphatic carbocycles. The first-order valence-corrected chi connectivity index (χ1v) is 5.81. The number of hydrogen-bond acceptors (Lipinski definition) is 2. The Morgan fingerprint density at radius 2 is 1.50 bits per heavy atom. The van der Waals surface area contributed by atoms with Gasteiger partial charge in [0.15, 0.2) is 23.3 Å². The Morgan fingerprint density at radius 3 is 1.90 bits per heavy atom. The van der Waals surface area contributed by atoms with E-state index in [1.807, 2.05) is 0 Å². The molecule has 0 amide bonds. The topological polar surface area (TPSA) is 49.3 Å². The van der Waals surface area contributed by atoms with Crippen LogP contribution in [0.3, 0.4) is 0 Å². The van der Waals surface area contributed by atoms with Crippen molar-refractivity contribution in [2.24, 2.45) is 5.92 Å². The molecule has 1 atom stereocenters. The molecule has 3 nitrogen and oxygen atoms in total. The van der Waals surface area contributed by atoms with Gasteiger partial charge in [-0.05, 0) is 18.8 Å². The molecule has 1 unspecified atom stereocenters. The quantitative estimate of drug-likeness (QED) is 0.498. The molecule has 1 aromatic carbocycles. The third-order valence-corrected chi connectivity index (χ3v) is 3.16. The minimum atomic E-state index is -2.24. The Kier molecular flexibility index (Phi) is 3.94. The van der Waals surface area contributed by atoms with Gasteiger partial charge in [-0.3, -0.25) is 10.1 Å². The molecule has 1 fully saturated rings. The van der Waals surface area contributed by atoms with Gasteiger partial charge in [-0.2, -0.15) is 0 Å². The lowest BCUT2D eigenvalue weighted by molar-refractivity contribution is -0.140. The van der Waals surface area contributed by atoms with Gasteiger partial charge in [0.25, 0.3) is 0 Å². The monoisotopic (exact) mass is 295 g/mol. The smallest absolute Gasteiger partial charge is 0.320 e. The van der Waals surface area contributed by atoms with Gasteiger partial charge in [0.2, 0.25) is 5.82 Å². The van der Waals surface area contributed by atoms with E-state index in [1.165, 1.54) is 0 Å². The van der Waals surface area contributed by atoms with E-state index in [2.05, 4.69) is 5.32 Å². The van der Waals surface area contributed by atoms with E-state index in [1.54, 1.807) is 0 Å². The zero-order valence-electron chi connectivity index (χ0n) is 10.0. The highest BCUT2D eigenvalue weighted by molar-refractivity contribution is 5.74. The van der Waals surface area contributed by atoms with E-state index in [0.29, 0.717) is 12.8 Å². The summed E-state index contributed by atoms with van der Waals surface area (Å²) in [6.07, 6.45) is 1.28. The Labute approximate surface area is 110 Å². The van der Waals surface area contributed by atoms with Gasteiger partial charge < -0.3 is 5.11 Å². The van der Waals surface area contributed by atoms with Gasteiger partial charge in [-0.25, -0.2) is 22.0 Å². The van der Waals surface area contributed by atoms with Gasteiger partial charge >= 0.3 is 5.97 Å². The molecule has 0 spiro atoms. The maximum atomic E-state index is 13.4. The molecule has 0 heterocycles. The van der Waals surface area contributed by atoms with Crippen LogP contribution >= 0.6 is 0 Å². The normalized spacial score (nSPS) is 16.2. The molecule has 2 rings (SSSR count). The molecule has 0 aromatic heterocycles. The molecular weight excluding hydrogens is 285 g/mol. The average molecular weight is 295 g/mol. The molecule has 8 heteroatoms. The van der Waals surface area contributed by atoms with E-state index in [4.69, 9.17) is 5.11 Å². The zero-order valence-corrected chi connectivity index (χ0v) is 10.0. The first-order chi connectivity index (χ1) is 9.34. The van der Waals surface area contributed by atoms with Crippen molar-refractivity contribution in [2.75, 3.05) is 0 Å². The lowest BCUT2D eigenvalue weighted by atomic mass is 10.1. The third-order valence-electron chi connectivity index (χ3n) is 3.16. The molecule has 1 aliphatic rings. The number of halogens is 5. The van der Waals surface area contributed by atoms with Crippen LogP contribution in [0.4, 0.5) is 22.0 Å². The van der Waals surface area contributed by atoms with E-state index in [0.717, 1.165) is 0 Å². The van der Waals surface area contributed by atoms with Gasteiger partial charge in [-0.15, -0.1) is 0 Å². The molecule has 20 heavy (non-hydrogen) atoms. The number of carboxylic acids is 1. The Balaban J connectivity index is 2.23. The Hall–Kier alpha value is -1.70. The molecule has 2 N–H and O–H groups in total. The number of aliphatic carboxylic acids is 1. The maximum absolute atomic E-state index is 13.4. The Morgan fingerprint density at radius 1 is 1.05 bits per heavy atom. The second-order valence-electron chi connectivity index (χ2n) is 4.58. The summed E-state index contributed by atoms with van der Waals surface area (Å²) in [6, 6.07) is -1.06. The first kappa shape index (κ1) is 14.7. The summed E-state index contributed by atoms with van der Waals surface area (Å²) < 4.78 is 65.4. The van der Waals surface area contributed by atoms with Crippen molar-refractivity contribution in [2.45, 2.75) is 25.4 Å². The van der Waals surface area contributed by atoms with Crippen LogP contribution in [0.5, 0.6) is 0 Å². The maximum Gasteiger partial charge on any atom is 0.320 e. The summed E-state index contributed by atoms with van der Waals surface area (Å²) in [7, 11) is 0. The van der Waals surface area contributed by atoms with Crippen LogP contribution < -0.4 is 5.32 Å². The molecule has 1 saturated carbocycles. The van der Waals surface area contributed by atoms with Crippen molar-refractivity contribution >= 4 is 5.97 Å². The van der Waals surface area contributed by atoms with Crippen molar-refractivity contribution in [3.63, 3.8) is 0 Å². The molecule has 0 bridgehead atoms. The van der Waals surface area contributed by atoms with Gasteiger partial charge in [0.1, 0.15) is 6.04 Å². The highest BCUT2D eigenvalue weighted by Crippen LogP contribution is 2.33. The summed E-state index contributed by atoms with van der Waals surface area (Å²) in [6.45, 7) is -0.751. The number of benzene rings is 1. The van der Waals surface area contributed by atoms with E-state index in [9.17, 15) is 26.7 Å². The van der Waals surface area contributed by atoms with Gasteiger partial charge in [-0.1, -0.05) is 0 Å². The molecule has 1 aromatic rings. The number of carbonyl (C=O) groups is 1. The minimum absolute atomic E-state index is 0.186. The van der Waals surface area contributed by atoms with Crippen molar-refractivity contribution in [1.82, 2.24) is 5.32 Å². The largest absolute Gasteiger partial charge is 0.480 e. The third kappa shape index (κ3) is 2.60. The predicted octanol–water partition coefficient (Wildman–Crippen LogP) is 2.33. The SMILES string of the molecule is O=C(O)C(NCc1c(F)c(F)c(F)c(F)c1F)C1CC1. The molecule has 0 saturated heterocycles. The second-order valence-corrected chi connectivity index (χ2v) is 4.58. The fourth-order valence-electron chi connectivity index (χ4n) is 1.90. The van der Waals surface area contributed by atoms with Crippen molar-refractivity contribution < 1.29 is 31.9 Å². The lowest BCUT2D eigenvalue weighted by Crippen LogP contribution is -2.38. The van der Waals surface area contributed by atoms with Crippen molar-refractivity contribution in [3.8, 4) is 0 Å². The number of nitrogens with one attached hydrogen (secondary N) is 1. The first-order valence-electron chi connectivity index (χ1n) is 5.81. The zero-order chi connectivity index (χ0) is 15.0. The number of hydrogen-bond donors (Lipinski definition) is 2. The second kappa shape index (κ2) is 5.35. The number of carboxylic acid groups (broad SMARTS) is 1. The molecular formula is C12H10F5NO2. The summed E-state index contributed by atoms with van der Waals surface area (Å²) >= 11 is 0. The highest BCUT2D eigenvalue weighted by Gasteiger charge is 2.36. The van der Waals surface area contributed by atoms with Crippen LogP contribution in [0.2, 0.25) is 0 Å². The van der Waals surface area contributed by atoms with Crippen molar-refractivity contribution in [1.29, 1.82) is 0 Å². The van der Waals surface area contributed by atoms with Crippen molar-refractivity contribution in [3.05, 3.63) is 34.6 Å². The summed E-state index contributed by atoms with van der Waals surface area (Å²) in [5.74, 6) is -11.6. The molecule has 110 valence electrons. The fraction of sp³-hybridized carbons (Fsp3) is 0.417. The van der Waals surface area contributed by atoms with Gasteiger partial charge in [0, 0.05) is 12.1 Å². The molecule has 0 aliphatic heterocycles. The van der Waals surface area contributed by atoms with Crippen LogP contribution in [0.15, 0.2) is 0 Å². The predicted molar refractivity (Wildman–Crippen MR) is 57.2 cm³/mol. The number of rotatable bonds is 5. The summed E-state index contributed by atoms with van der Waals surface area (Å²) in [4.78, 5) is 10.9. The van der Waals surface area contributed by atoms with E-state index >= 15 is 0 Å². The van der Waals surface area contributed by atoms with E-state index in [-0.39, 0.29) is 5.92 Å². The van der Waals surface area contributed by atoms with Crippen LogP contribution in [-0.2, 0) is 11.3 Å². The molecule has 0 radical (unpaired) electrons. The standard InChI is InChI=1S/C12H10F5NO2/c13-6-5(7(14)9(16)10(17)8(6)15)3-18-11(12(19)20)4-1-2-4/h4,11,18H,1-3H2,(H,19,20). The fourth-order valence-corrected chi connectivity index (χ4v) is 1.90. The average Bonchev–Trinajstić information content (AvgIpc) is 3.22. The highest BCUT2D eigenvalue weighted by atomic mass is 19.2.